The number of guanidine groups is 3. The first kappa shape index (κ1) is 71.3. The molecule has 29 N–H and O–H groups in total. The summed E-state index contributed by atoms with van der Waals surface area (Å²) in [6, 6.07) is -12.3. The van der Waals surface area contributed by atoms with E-state index >= 15 is 0 Å². The molecule has 450 valence electrons. The van der Waals surface area contributed by atoms with Gasteiger partial charge in [-0.2, -0.15) is 0 Å². The van der Waals surface area contributed by atoms with Crippen LogP contribution in [0.1, 0.15) is 111 Å². The molecule has 0 radical (unpaired) electrons. The van der Waals surface area contributed by atoms with Gasteiger partial charge in [0.15, 0.2) is 17.9 Å². The number of amides is 10. The maximum absolute atomic E-state index is 14.3. The molecule has 10 atom stereocenters. The number of carbonyl (C=O) groups is 10. The van der Waals surface area contributed by atoms with Crippen LogP contribution >= 0.6 is 0 Å². The highest BCUT2D eigenvalue weighted by Gasteiger charge is 2.35. The van der Waals surface area contributed by atoms with Gasteiger partial charge >= 0.3 is 0 Å². The van der Waals surface area contributed by atoms with Crippen molar-refractivity contribution >= 4 is 77.0 Å². The summed E-state index contributed by atoms with van der Waals surface area (Å²) in [6.45, 7) is 4.99. The Hall–Kier alpha value is -7.65. The van der Waals surface area contributed by atoms with Gasteiger partial charge in [-0.1, -0.05) is 6.92 Å². The highest BCUT2D eigenvalue weighted by atomic mass is 16.3. The third-order valence-corrected chi connectivity index (χ3v) is 11.7. The van der Waals surface area contributed by atoms with E-state index in [0.29, 0.717) is 25.7 Å². The largest absolute Gasteiger partial charge is 0.394 e. The van der Waals surface area contributed by atoms with Crippen molar-refractivity contribution in [1.29, 1.82) is 0 Å². The van der Waals surface area contributed by atoms with Crippen LogP contribution < -0.4 is 99.5 Å². The SMILES string of the molecule is CC[C@H](NC(=O)[C@H](CCCN=C(N)N)NC(=O)[C@H](C)NC(=O)[C@H](CO)NC(C)=O)C(=O)N[C@@H](CCCN=C(N)N)C(=O)N[C@@H](CCCCN)C(=O)N[C@@H](CCCCN)C(=O)N[C@@H](CCCN=C(N)N)C(=O)N[C@H](C(N)=O)[C@@H](C)O. The van der Waals surface area contributed by atoms with E-state index in [1.165, 1.54) is 13.8 Å². The smallest absolute Gasteiger partial charge is 0.245 e. The second-order valence-corrected chi connectivity index (χ2v) is 18.5. The molecule has 0 unspecified atom stereocenters. The van der Waals surface area contributed by atoms with Gasteiger partial charge in [-0.25, -0.2) is 0 Å². The van der Waals surface area contributed by atoms with E-state index in [0.717, 1.165) is 6.92 Å². The van der Waals surface area contributed by atoms with E-state index in [1.807, 2.05) is 0 Å². The number of hydrogen-bond donors (Lipinski definition) is 20. The van der Waals surface area contributed by atoms with Gasteiger partial charge in [-0.3, -0.25) is 62.9 Å². The fraction of sp³-hybridized carbons (Fsp3) is 0.717. The molecule has 79 heavy (non-hydrogen) atoms. The summed E-state index contributed by atoms with van der Waals surface area (Å²) >= 11 is 0. The molecule has 0 aromatic carbocycles. The summed E-state index contributed by atoms with van der Waals surface area (Å²) in [7, 11) is 0. The highest BCUT2D eigenvalue weighted by Crippen LogP contribution is 2.11. The van der Waals surface area contributed by atoms with Gasteiger partial charge in [0.2, 0.25) is 59.1 Å². The number of rotatable bonds is 41. The molecule has 10 amide bonds. The number of nitrogens with one attached hydrogen (secondary N) is 9. The van der Waals surface area contributed by atoms with Crippen LogP contribution in [0.25, 0.3) is 0 Å². The van der Waals surface area contributed by atoms with Crippen molar-refractivity contribution in [1.82, 2.24) is 47.9 Å². The predicted molar refractivity (Wildman–Crippen MR) is 293 cm³/mol. The highest BCUT2D eigenvalue weighted by molar-refractivity contribution is 5.98. The molecule has 33 heteroatoms. The van der Waals surface area contributed by atoms with Crippen LogP contribution in [0.15, 0.2) is 15.0 Å². The molecule has 0 aliphatic carbocycles. The summed E-state index contributed by atoms with van der Waals surface area (Å²) in [6.07, 6.45) is 0.183. The molecule has 0 bridgehead atoms. The van der Waals surface area contributed by atoms with E-state index in [4.69, 9.17) is 51.6 Å². The molecule has 0 spiro atoms. The van der Waals surface area contributed by atoms with Crippen molar-refractivity contribution in [2.24, 2.45) is 66.6 Å². The third kappa shape index (κ3) is 30.8. The molecule has 0 fully saturated rings. The lowest BCUT2D eigenvalue weighted by Gasteiger charge is -2.28. The van der Waals surface area contributed by atoms with E-state index in [2.05, 4.69) is 62.8 Å². The number of aliphatic imine (C=N–C) groups is 3. The Morgan fingerprint density at radius 1 is 0.418 bits per heavy atom. The maximum atomic E-state index is 14.3. The topological polar surface area (TPSA) is 591 Å². The first-order valence-electron chi connectivity index (χ1n) is 26.1. The summed E-state index contributed by atoms with van der Waals surface area (Å²) in [4.78, 5) is 145. The Balaban J connectivity index is 6.88. The fourth-order valence-corrected chi connectivity index (χ4v) is 7.35. The Morgan fingerprint density at radius 3 is 1.01 bits per heavy atom. The molecule has 0 rings (SSSR count). The molecule has 0 aromatic rings. The zero-order valence-electron chi connectivity index (χ0n) is 45.7. The molecule has 0 saturated heterocycles. The van der Waals surface area contributed by atoms with Gasteiger partial charge in [0.1, 0.15) is 54.4 Å². The minimum Gasteiger partial charge on any atom is -0.394 e. The Morgan fingerprint density at radius 2 is 0.722 bits per heavy atom. The summed E-state index contributed by atoms with van der Waals surface area (Å²) in [5.74, 6) is -9.24. The molecule has 0 aliphatic rings. The van der Waals surface area contributed by atoms with Gasteiger partial charge < -0.3 is 110 Å². The van der Waals surface area contributed by atoms with Crippen molar-refractivity contribution < 1.29 is 58.2 Å². The maximum Gasteiger partial charge on any atom is 0.245 e. The van der Waals surface area contributed by atoms with Crippen LogP contribution in [0.5, 0.6) is 0 Å². The van der Waals surface area contributed by atoms with Crippen LogP contribution in [0.4, 0.5) is 0 Å². The second kappa shape index (κ2) is 39.7. The third-order valence-electron chi connectivity index (χ3n) is 11.7. The van der Waals surface area contributed by atoms with Crippen molar-refractivity contribution in [3.8, 4) is 0 Å². The second-order valence-electron chi connectivity index (χ2n) is 18.5. The molecule has 0 heterocycles. The zero-order valence-corrected chi connectivity index (χ0v) is 45.7. The number of hydrogen-bond acceptors (Lipinski definition) is 17. The number of aliphatic hydroxyl groups is 2. The Kier molecular flexibility index (Phi) is 35.8. The summed E-state index contributed by atoms with van der Waals surface area (Å²) in [5.41, 5.74) is 49.7. The molecule has 0 aromatic heterocycles. The number of nitrogens with two attached hydrogens (primary N) is 9. The van der Waals surface area contributed by atoms with Gasteiger partial charge in [-0.05, 0) is 110 Å². The first-order chi connectivity index (χ1) is 37.2. The molecule has 0 aliphatic heterocycles. The lowest BCUT2D eigenvalue weighted by molar-refractivity contribution is -0.136. The van der Waals surface area contributed by atoms with Crippen LogP contribution in [-0.2, 0) is 47.9 Å². The van der Waals surface area contributed by atoms with Gasteiger partial charge in [-0.15, -0.1) is 0 Å². The molecule has 0 saturated carbocycles. The van der Waals surface area contributed by atoms with Crippen molar-refractivity contribution in [2.45, 2.75) is 172 Å². The average Bonchev–Trinajstić information content (AvgIpc) is 3.37. The number of primary amides is 1. The summed E-state index contributed by atoms with van der Waals surface area (Å²) in [5, 5.41) is 42.3. The van der Waals surface area contributed by atoms with Crippen molar-refractivity contribution in [3.05, 3.63) is 0 Å². The average molecular weight is 1130 g/mol. The minimum absolute atomic E-state index is 0.00615. The quantitative estimate of drug-likeness (QED) is 0.0154. The molecular formula is C46H89N21O12. The number of carbonyl (C=O) groups excluding carboxylic acids is 10. The van der Waals surface area contributed by atoms with E-state index in [9.17, 15) is 58.2 Å². The van der Waals surface area contributed by atoms with Crippen LogP contribution in [0, 0.1) is 0 Å². The lowest BCUT2D eigenvalue weighted by Crippen LogP contribution is -2.60. The van der Waals surface area contributed by atoms with Gasteiger partial charge in [0.25, 0.3) is 0 Å². The van der Waals surface area contributed by atoms with Crippen LogP contribution in [-0.4, -0.2) is 187 Å². The first-order valence-corrected chi connectivity index (χ1v) is 26.1. The van der Waals surface area contributed by atoms with E-state index in [-0.39, 0.29) is 108 Å². The molecule has 33 nitrogen and oxygen atoms in total. The standard InChI is InChI=1S/C46H89N21O12/c1-5-27(61-38(74)30(15-10-20-56-44(50)51)62-36(72)24(2)59-43(79)33(23-68)60-26(4)70)37(73)63-31(16-11-21-57-45(52)53)41(77)65-28(13-6-8-18-47)39(75)64-29(14-7-9-19-48)40(76)66-32(17-12-22-58-46(54)55)42(78)67-34(25(3)69)35(49)71/h24-25,27-34,68-69H,5-23,47-48H2,1-4H3,(H2,49,71)(H,59,79)(H,60,70)(H,61,74)(H,62,72)(H,63,73)(H,64,75)(H,65,77)(H,66,76)(H,67,78)(H4,50,51,56)(H4,52,53,57)(H4,54,55,58)/t24-,25+,27-,28-,29-,30-,31-,32-,33-,34-/m0/s1. The monoisotopic (exact) mass is 1130 g/mol. The van der Waals surface area contributed by atoms with Crippen molar-refractivity contribution in [3.63, 3.8) is 0 Å². The Bertz CT molecular complexity index is 2070. The Labute approximate surface area is 459 Å². The number of aliphatic hydroxyl groups excluding tert-OH is 2. The zero-order chi connectivity index (χ0) is 60.2. The lowest BCUT2D eigenvalue weighted by atomic mass is 10.0. The van der Waals surface area contributed by atoms with Crippen molar-refractivity contribution in [2.75, 3.05) is 39.3 Å². The van der Waals surface area contributed by atoms with Crippen LogP contribution in [0.3, 0.4) is 0 Å². The molecular weight excluding hydrogens is 1040 g/mol. The van der Waals surface area contributed by atoms with Gasteiger partial charge in [0.05, 0.1) is 12.7 Å². The van der Waals surface area contributed by atoms with Crippen LogP contribution in [0.2, 0.25) is 0 Å². The predicted octanol–water partition coefficient (Wildman–Crippen LogP) is -8.92. The van der Waals surface area contributed by atoms with E-state index in [1.54, 1.807) is 6.92 Å². The van der Waals surface area contributed by atoms with E-state index < -0.39 is 126 Å². The number of unbranched alkanes of at least 4 members (excludes halogenated alkanes) is 2. The number of nitrogens with zero attached hydrogens (tertiary/aromatic N) is 3. The van der Waals surface area contributed by atoms with Gasteiger partial charge in [0, 0.05) is 26.6 Å². The summed E-state index contributed by atoms with van der Waals surface area (Å²) < 4.78 is 0. The normalized spacial score (nSPS) is 14.6. The fourth-order valence-electron chi connectivity index (χ4n) is 7.35. The minimum atomic E-state index is -1.52.